The van der Waals surface area contributed by atoms with Crippen LogP contribution in [0.25, 0.3) is 0 Å². The molecule has 0 aromatic rings. The fourth-order valence-corrected chi connectivity index (χ4v) is 8.34. The summed E-state index contributed by atoms with van der Waals surface area (Å²) >= 11 is 14.0. The fourth-order valence-electron chi connectivity index (χ4n) is 3.39. The highest BCUT2D eigenvalue weighted by Crippen LogP contribution is 2.60. The van der Waals surface area contributed by atoms with Crippen LogP contribution < -0.4 is 0 Å². The monoisotopic (exact) mass is 356 g/mol. The first-order valence-electron chi connectivity index (χ1n) is 8.28. The Morgan fingerprint density at radius 3 is 2.15 bits per heavy atom. The van der Waals surface area contributed by atoms with Crippen molar-refractivity contribution in [1.82, 2.24) is 0 Å². The fraction of sp³-hybridized carbons (Fsp3) is 1.00. The van der Waals surface area contributed by atoms with E-state index in [1.54, 1.807) is 0 Å². The number of rotatable bonds is 8. The van der Waals surface area contributed by atoms with Gasteiger partial charge in [0.05, 0.1) is 9.99 Å². The molecule has 0 saturated heterocycles. The third-order valence-electron chi connectivity index (χ3n) is 4.90. The largest absolute Gasteiger partial charge is 0.120 e. The van der Waals surface area contributed by atoms with Gasteiger partial charge in [-0.3, -0.25) is 0 Å². The number of hydrogen-bond acceptors (Lipinski definition) is 0. The van der Waals surface area contributed by atoms with Crippen LogP contribution in [0.2, 0.25) is 0 Å². The molecule has 0 aromatic carbocycles. The third kappa shape index (κ3) is 4.72. The standard InChI is InChI=1S/C16H32Cl2P2/c1-5-9-19-13-11-15(7-3,8-4)12-16(18,14(13)17)20-10-6-2/h13-14,19-20H,5-12H2,1-4H3. The van der Waals surface area contributed by atoms with Crippen molar-refractivity contribution in [1.29, 1.82) is 0 Å². The number of halogens is 2. The minimum Gasteiger partial charge on any atom is -0.120 e. The summed E-state index contributed by atoms with van der Waals surface area (Å²) in [6, 6.07) is 0. The Labute approximate surface area is 140 Å². The van der Waals surface area contributed by atoms with E-state index in [4.69, 9.17) is 23.2 Å². The van der Waals surface area contributed by atoms with Gasteiger partial charge in [-0.05, 0) is 36.2 Å². The number of hydrogen-bond donors (Lipinski definition) is 0. The molecular weight excluding hydrogens is 325 g/mol. The smallest absolute Gasteiger partial charge is 0.0785 e. The first-order chi connectivity index (χ1) is 9.47. The topological polar surface area (TPSA) is 0 Å². The summed E-state index contributed by atoms with van der Waals surface area (Å²) < 4.78 is -0.132. The van der Waals surface area contributed by atoms with Crippen LogP contribution in [0.5, 0.6) is 0 Å². The summed E-state index contributed by atoms with van der Waals surface area (Å²) in [4.78, 5) is 0. The zero-order chi connectivity index (χ0) is 15.2. The molecule has 0 radical (unpaired) electrons. The third-order valence-corrected chi connectivity index (χ3v) is 10.5. The van der Waals surface area contributed by atoms with Crippen LogP contribution in [-0.2, 0) is 0 Å². The maximum absolute atomic E-state index is 7.10. The van der Waals surface area contributed by atoms with Crippen LogP contribution in [0.3, 0.4) is 0 Å². The minimum absolute atomic E-state index is 0.132. The molecular formula is C16H32Cl2P2. The summed E-state index contributed by atoms with van der Waals surface area (Å²) in [5.41, 5.74) is 1.09. The predicted molar refractivity (Wildman–Crippen MR) is 101 cm³/mol. The normalized spacial score (nSPS) is 34.5. The molecule has 0 N–H and O–H groups in total. The molecule has 0 spiro atoms. The maximum Gasteiger partial charge on any atom is 0.0785 e. The summed E-state index contributed by atoms with van der Waals surface area (Å²) in [5, 5.41) is 0.185. The lowest BCUT2D eigenvalue weighted by molar-refractivity contribution is 0.172. The SMILES string of the molecule is CCCPC1CC(CC)(CC)CC(Cl)(PCCC)C1Cl. The quantitative estimate of drug-likeness (QED) is 0.336. The van der Waals surface area contributed by atoms with Crippen molar-refractivity contribution in [3.05, 3.63) is 0 Å². The van der Waals surface area contributed by atoms with Crippen molar-refractivity contribution in [2.75, 3.05) is 12.3 Å². The van der Waals surface area contributed by atoms with Crippen LogP contribution in [-0.4, -0.2) is 28.0 Å². The van der Waals surface area contributed by atoms with Crippen molar-refractivity contribution in [2.45, 2.75) is 81.9 Å². The molecule has 1 aliphatic carbocycles. The van der Waals surface area contributed by atoms with E-state index in [2.05, 4.69) is 27.7 Å². The Kier molecular flexibility index (Phi) is 8.68. The molecule has 0 nitrogen and oxygen atoms in total. The maximum atomic E-state index is 7.10. The molecule has 20 heavy (non-hydrogen) atoms. The first-order valence-corrected chi connectivity index (χ1v) is 11.6. The summed E-state index contributed by atoms with van der Waals surface area (Å²) in [6.07, 6.45) is 10.0. The molecule has 5 unspecified atom stereocenters. The van der Waals surface area contributed by atoms with E-state index < -0.39 is 0 Å². The predicted octanol–water partition coefficient (Wildman–Crippen LogP) is 6.67. The summed E-state index contributed by atoms with van der Waals surface area (Å²) in [6.45, 7) is 9.22. The molecule has 0 aliphatic heterocycles. The Bertz CT molecular complexity index is 282. The van der Waals surface area contributed by atoms with Crippen LogP contribution in [0, 0.1) is 5.41 Å². The van der Waals surface area contributed by atoms with Crippen molar-refractivity contribution in [3.63, 3.8) is 0 Å². The molecule has 120 valence electrons. The van der Waals surface area contributed by atoms with Gasteiger partial charge in [0.2, 0.25) is 0 Å². The molecule has 1 fully saturated rings. The second kappa shape index (κ2) is 8.91. The summed E-state index contributed by atoms with van der Waals surface area (Å²) in [7, 11) is 1.81. The highest BCUT2D eigenvalue weighted by molar-refractivity contribution is 7.43. The summed E-state index contributed by atoms with van der Waals surface area (Å²) in [5.74, 6) is 0. The van der Waals surface area contributed by atoms with Gasteiger partial charge in [0.15, 0.2) is 0 Å². The molecule has 0 amide bonds. The highest BCUT2D eigenvalue weighted by Gasteiger charge is 2.51. The molecule has 1 saturated carbocycles. The van der Waals surface area contributed by atoms with E-state index in [0.717, 1.165) is 23.6 Å². The van der Waals surface area contributed by atoms with E-state index in [0.29, 0.717) is 11.1 Å². The van der Waals surface area contributed by atoms with Crippen molar-refractivity contribution >= 4 is 40.4 Å². The average Bonchev–Trinajstić information content (AvgIpc) is 2.47. The van der Waals surface area contributed by atoms with Gasteiger partial charge in [-0.2, -0.15) is 0 Å². The zero-order valence-corrected chi connectivity index (χ0v) is 17.1. The Morgan fingerprint density at radius 2 is 1.65 bits per heavy atom. The van der Waals surface area contributed by atoms with E-state index in [1.165, 1.54) is 44.4 Å². The Morgan fingerprint density at radius 1 is 1.05 bits per heavy atom. The Balaban J connectivity index is 2.91. The van der Waals surface area contributed by atoms with Crippen molar-refractivity contribution in [3.8, 4) is 0 Å². The van der Waals surface area contributed by atoms with Gasteiger partial charge in [0.1, 0.15) is 0 Å². The van der Waals surface area contributed by atoms with Gasteiger partial charge in [-0.25, -0.2) is 0 Å². The molecule has 0 bridgehead atoms. The molecule has 0 heterocycles. The van der Waals surface area contributed by atoms with E-state index >= 15 is 0 Å². The average molecular weight is 357 g/mol. The van der Waals surface area contributed by atoms with Crippen molar-refractivity contribution in [2.24, 2.45) is 5.41 Å². The minimum atomic E-state index is -0.132. The van der Waals surface area contributed by atoms with Crippen LogP contribution >= 0.6 is 40.4 Å². The lowest BCUT2D eigenvalue weighted by Crippen LogP contribution is -2.48. The molecule has 1 aliphatic rings. The van der Waals surface area contributed by atoms with Crippen LogP contribution in [0.4, 0.5) is 0 Å². The van der Waals surface area contributed by atoms with Gasteiger partial charge in [0.25, 0.3) is 0 Å². The Hall–Kier alpha value is 1.44. The van der Waals surface area contributed by atoms with E-state index in [-0.39, 0.29) is 9.99 Å². The molecule has 4 heteroatoms. The first kappa shape index (κ1) is 19.5. The van der Waals surface area contributed by atoms with E-state index in [9.17, 15) is 0 Å². The van der Waals surface area contributed by atoms with Gasteiger partial charge in [-0.15, -0.1) is 31.8 Å². The number of alkyl halides is 2. The van der Waals surface area contributed by atoms with Gasteiger partial charge < -0.3 is 0 Å². The molecule has 1 rings (SSSR count). The van der Waals surface area contributed by atoms with E-state index in [1.807, 2.05) is 0 Å². The molecule has 5 atom stereocenters. The van der Waals surface area contributed by atoms with Gasteiger partial charge >= 0.3 is 0 Å². The van der Waals surface area contributed by atoms with Crippen molar-refractivity contribution < 1.29 is 0 Å². The second-order valence-corrected chi connectivity index (χ2v) is 11.2. The van der Waals surface area contributed by atoms with Crippen LogP contribution in [0.1, 0.15) is 66.2 Å². The van der Waals surface area contributed by atoms with Gasteiger partial charge in [0, 0.05) is 0 Å². The highest BCUT2D eigenvalue weighted by atomic mass is 35.5. The molecule has 0 aromatic heterocycles. The van der Waals surface area contributed by atoms with Gasteiger partial charge in [-0.1, -0.05) is 62.0 Å². The van der Waals surface area contributed by atoms with Crippen LogP contribution in [0.15, 0.2) is 0 Å². The lowest BCUT2D eigenvalue weighted by Gasteiger charge is -2.51. The second-order valence-electron chi connectivity index (χ2n) is 6.34. The zero-order valence-electron chi connectivity index (χ0n) is 13.6. The lowest BCUT2D eigenvalue weighted by atomic mass is 9.69.